The molecule has 0 unspecified atom stereocenters. The van der Waals surface area contributed by atoms with Crippen LogP contribution < -0.4 is 15.4 Å². The van der Waals surface area contributed by atoms with Crippen molar-refractivity contribution < 1.29 is 9.53 Å². The first kappa shape index (κ1) is 14.6. The SMILES string of the molecule is COc1cccc2sc(NC(=O)Nc3ccccc3Cl)nc12. The van der Waals surface area contributed by atoms with Crippen molar-refractivity contribution in [2.45, 2.75) is 0 Å². The van der Waals surface area contributed by atoms with Gasteiger partial charge in [0.25, 0.3) is 0 Å². The number of nitrogens with one attached hydrogen (secondary N) is 2. The molecule has 2 aromatic carbocycles. The Bertz CT molecular complexity index is 835. The van der Waals surface area contributed by atoms with E-state index in [2.05, 4.69) is 15.6 Å². The van der Waals surface area contributed by atoms with E-state index in [9.17, 15) is 4.79 Å². The van der Waals surface area contributed by atoms with E-state index in [4.69, 9.17) is 16.3 Å². The number of carbonyl (C=O) groups is 1. The zero-order valence-corrected chi connectivity index (χ0v) is 13.2. The van der Waals surface area contributed by atoms with Gasteiger partial charge in [0, 0.05) is 0 Å². The molecule has 0 fully saturated rings. The lowest BCUT2D eigenvalue weighted by Gasteiger charge is -2.06. The lowest BCUT2D eigenvalue weighted by molar-refractivity contribution is 0.262. The predicted molar refractivity (Wildman–Crippen MR) is 90.3 cm³/mol. The molecule has 7 heteroatoms. The number of carbonyl (C=O) groups excluding carboxylic acids is 1. The van der Waals surface area contributed by atoms with Gasteiger partial charge in [-0.25, -0.2) is 9.78 Å². The van der Waals surface area contributed by atoms with Gasteiger partial charge in [-0.2, -0.15) is 0 Å². The lowest BCUT2D eigenvalue weighted by Crippen LogP contribution is -2.19. The van der Waals surface area contributed by atoms with Gasteiger partial charge in [-0.1, -0.05) is 41.1 Å². The fourth-order valence-electron chi connectivity index (χ4n) is 1.95. The van der Waals surface area contributed by atoms with Crippen molar-refractivity contribution in [1.82, 2.24) is 4.98 Å². The summed E-state index contributed by atoms with van der Waals surface area (Å²) in [5.41, 5.74) is 1.27. The molecule has 3 aromatic rings. The number of fused-ring (bicyclic) bond motifs is 1. The van der Waals surface area contributed by atoms with E-state index in [0.29, 0.717) is 21.6 Å². The molecule has 0 saturated carbocycles. The minimum absolute atomic E-state index is 0.397. The van der Waals surface area contributed by atoms with Crippen molar-refractivity contribution in [3.63, 3.8) is 0 Å². The topological polar surface area (TPSA) is 63.2 Å². The molecule has 2 N–H and O–H groups in total. The number of thiazole rings is 1. The first-order valence-corrected chi connectivity index (χ1v) is 7.63. The van der Waals surface area contributed by atoms with E-state index < -0.39 is 6.03 Å². The van der Waals surface area contributed by atoms with Crippen LogP contribution in [0.3, 0.4) is 0 Å². The minimum Gasteiger partial charge on any atom is -0.494 e. The second kappa shape index (κ2) is 6.21. The summed E-state index contributed by atoms with van der Waals surface area (Å²) in [4.78, 5) is 16.4. The highest BCUT2D eigenvalue weighted by Gasteiger charge is 2.11. The number of amides is 2. The van der Waals surface area contributed by atoms with Gasteiger partial charge in [-0.05, 0) is 24.3 Å². The molecular formula is C15H12ClN3O2S. The van der Waals surface area contributed by atoms with Gasteiger partial charge in [-0.15, -0.1) is 0 Å². The normalized spacial score (nSPS) is 10.5. The molecule has 0 atom stereocenters. The van der Waals surface area contributed by atoms with Crippen LogP contribution in [-0.2, 0) is 0 Å². The Morgan fingerprint density at radius 2 is 2.00 bits per heavy atom. The molecule has 1 heterocycles. The molecule has 5 nitrogen and oxygen atoms in total. The van der Waals surface area contributed by atoms with E-state index in [1.807, 2.05) is 18.2 Å². The number of urea groups is 1. The fraction of sp³-hybridized carbons (Fsp3) is 0.0667. The highest BCUT2D eigenvalue weighted by Crippen LogP contribution is 2.32. The average Bonchev–Trinajstić information content (AvgIpc) is 2.91. The van der Waals surface area contributed by atoms with Crippen molar-refractivity contribution in [3.05, 3.63) is 47.5 Å². The van der Waals surface area contributed by atoms with Crippen LogP contribution >= 0.6 is 22.9 Å². The number of halogens is 1. The first-order valence-electron chi connectivity index (χ1n) is 6.43. The minimum atomic E-state index is -0.397. The first-order chi connectivity index (χ1) is 10.7. The summed E-state index contributed by atoms with van der Waals surface area (Å²) in [6, 6.07) is 12.3. The molecular weight excluding hydrogens is 322 g/mol. The Kier molecular flexibility index (Phi) is 4.13. The summed E-state index contributed by atoms with van der Waals surface area (Å²) in [5, 5.41) is 6.35. The van der Waals surface area contributed by atoms with E-state index in [-0.39, 0.29) is 0 Å². The third-order valence-electron chi connectivity index (χ3n) is 2.94. The highest BCUT2D eigenvalue weighted by atomic mass is 35.5. The molecule has 0 radical (unpaired) electrons. The summed E-state index contributed by atoms with van der Waals surface area (Å²) in [6.45, 7) is 0. The van der Waals surface area contributed by atoms with Crippen LogP contribution in [0, 0.1) is 0 Å². The molecule has 1 aromatic heterocycles. The number of anilines is 2. The number of para-hydroxylation sites is 2. The van der Waals surface area contributed by atoms with Crippen molar-refractivity contribution >= 4 is 50.0 Å². The monoisotopic (exact) mass is 333 g/mol. The van der Waals surface area contributed by atoms with E-state index in [1.165, 1.54) is 11.3 Å². The van der Waals surface area contributed by atoms with E-state index in [0.717, 1.165) is 10.2 Å². The largest absolute Gasteiger partial charge is 0.494 e. The molecule has 0 aliphatic rings. The standard InChI is InChI=1S/C15H12ClN3O2S/c1-21-11-7-4-8-12-13(11)18-15(22-12)19-14(20)17-10-6-3-2-5-9(10)16/h2-8H,1H3,(H2,17,18,19,20). The van der Waals surface area contributed by atoms with Crippen LogP contribution in [0.4, 0.5) is 15.6 Å². The van der Waals surface area contributed by atoms with E-state index >= 15 is 0 Å². The van der Waals surface area contributed by atoms with Gasteiger partial charge in [0.2, 0.25) is 0 Å². The van der Waals surface area contributed by atoms with Gasteiger partial charge in [0.05, 0.1) is 22.5 Å². The van der Waals surface area contributed by atoms with Crippen molar-refractivity contribution in [1.29, 1.82) is 0 Å². The molecule has 0 aliphatic carbocycles. The number of methoxy groups -OCH3 is 1. The Morgan fingerprint density at radius 3 is 2.77 bits per heavy atom. The van der Waals surface area contributed by atoms with Crippen molar-refractivity contribution in [2.75, 3.05) is 17.7 Å². The molecule has 112 valence electrons. The van der Waals surface area contributed by atoms with Gasteiger partial charge in [0.15, 0.2) is 5.13 Å². The Morgan fingerprint density at radius 1 is 1.18 bits per heavy atom. The highest BCUT2D eigenvalue weighted by molar-refractivity contribution is 7.22. The van der Waals surface area contributed by atoms with Gasteiger partial charge in [-0.3, -0.25) is 5.32 Å². The zero-order chi connectivity index (χ0) is 15.5. The molecule has 0 spiro atoms. The average molecular weight is 334 g/mol. The van der Waals surface area contributed by atoms with Crippen LogP contribution in [0.2, 0.25) is 5.02 Å². The van der Waals surface area contributed by atoms with Crippen LogP contribution in [-0.4, -0.2) is 18.1 Å². The number of hydrogen-bond donors (Lipinski definition) is 2. The summed E-state index contributed by atoms with van der Waals surface area (Å²) < 4.78 is 6.19. The summed E-state index contributed by atoms with van der Waals surface area (Å²) in [5.74, 6) is 0.674. The maximum absolute atomic E-state index is 12.0. The maximum atomic E-state index is 12.0. The van der Waals surface area contributed by atoms with Crippen LogP contribution in [0.25, 0.3) is 10.2 Å². The number of hydrogen-bond acceptors (Lipinski definition) is 4. The molecule has 0 saturated heterocycles. The number of benzene rings is 2. The fourth-order valence-corrected chi connectivity index (χ4v) is 3.02. The van der Waals surface area contributed by atoms with E-state index in [1.54, 1.807) is 31.4 Å². The molecule has 22 heavy (non-hydrogen) atoms. The third-order valence-corrected chi connectivity index (χ3v) is 4.21. The number of rotatable bonds is 3. The summed E-state index contributed by atoms with van der Waals surface area (Å²) in [7, 11) is 1.59. The summed E-state index contributed by atoms with van der Waals surface area (Å²) in [6.07, 6.45) is 0. The van der Waals surface area contributed by atoms with Crippen LogP contribution in [0.15, 0.2) is 42.5 Å². The van der Waals surface area contributed by atoms with Gasteiger partial charge in [0.1, 0.15) is 11.3 Å². The second-order valence-electron chi connectivity index (χ2n) is 4.39. The molecule has 2 amide bonds. The third kappa shape index (κ3) is 2.98. The number of aromatic nitrogens is 1. The van der Waals surface area contributed by atoms with Crippen LogP contribution in [0.5, 0.6) is 5.75 Å². The summed E-state index contributed by atoms with van der Waals surface area (Å²) >= 11 is 7.38. The Hall–Kier alpha value is -2.31. The Balaban J connectivity index is 1.78. The van der Waals surface area contributed by atoms with Crippen LogP contribution in [0.1, 0.15) is 0 Å². The predicted octanol–water partition coefficient (Wildman–Crippen LogP) is 4.60. The smallest absolute Gasteiger partial charge is 0.325 e. The number of ether oxygens (including phenoxy) is 1. The Labute approximate surface area is 135 Å². The molecule has 0 bridgehead atoms. The van der Waals surface area contributed by atoms with Crippen molar-refractivity contribution in [3.8, 4) is 5.75 Å². The van der Waals surface area contributed by atoms with Crippen molar-refractivity contribution in [2.24, 2.45) is 0 Å². The lowest BCUT2D eigenvalue weighted by atomic mass is 10.3. The second-order valence-corrected chi connectivity index (χ2v) is 5.82. The molecule has 0 aliphatic heterocycles. The number of nitrogens with zero attached hydrogens (tertiary/aromatic N) is 1. The maximum Gasteiger partial charge on any atom is 0.325 e. The van der Waals surface area contributed by atoms with Gasteiger partial charge >= 0.3 is 6.03 Å². The van der Waals surface area contributed by atoms with Gasteiger partial charge < -0.3 is 10.1 Å². The zero-order valence-electron chi connectivity index (χ0n) is 11.6. The molecule has 3 rings (SSSR count). The quantitative estimate of drug-likeness (QED) is 0.736.